The lowest BCUT2D eigenvalue weighted by Crippen LogP contribution is -2.23. The fraction of sp³-hybridized carbons (Fsp3) is 0.100. The minimum Gasteiger partial charge on any atom is -0.456 e. The zero-order valence-electron chi connectivity index (χ0n) is 36.4. The molecular formula is C60H42NOPS2. The van der Waals surface area contributed by atoms with Crippen molar-refractivity contribution in [2.45, 2.75) is 58.1 Å². The quantitative estimate of drug-likeness (QED) is 0.165. The van der Waals surface area contributed by atoms with Crippen LogP contribution in [-0.4, -0.2) is 4.98 Å². The van der Waals surface area contributed by atoms with Crippen LogP contribution in [0.3, 0.4) is 0 Å². The maximum absolute atomic E-state index is 6.43. The van der Waals surface area contributed by atoms with E-state index < -0.39 is 0 Å². The average Bonchev–Trinajstić information content (AvgIpc) is 3.70. The Kier molecular flexibility index (Phi) is 8.72. The molecule has 5 heteroatoms. The molecule has 2 nitrogen and oxygen atoms in total. The molecule has 0 radical (unpaired) electrons. The Morgan fingerprint density at radius 1 is 0.369 bits per heavy atom. The van der Waals surface area contributed by atoms with Crippen LogP contribution in [0, 0.1) is 0 Å². The highest BCUT2D eigenvalue weighted by atomic mass is 32.2. The van der Waals surface area contributed by atoms with Crippen LogP contribution in [0.15, 0.2) is 206 Å². The Hall–Kier alpha value is -6.42. The largest absolute Gasteiger partial charge is 0.456 e. The van der Waals surface area contributed by atoms with Crippen LogP contribution in [0.4, 0.5) is 0 Å². The summed E-state index contributed by atoms with van der Waals surface area (Å²) >= 11 is 3.79. The Labute approximate surface area is 388 Å². The Bertz CT molecular complexity index is 3810. The van der Waals surface area contributed by atoms with E-state index in [1.807, 2.05) is 29.6 Å². The summed E-state index contributed by atoms with van der Waals surface area (Å²) < 4.78 is 6.43. The molecule has 9 aromatic carbocycles. The van der Waals surface area contributed by atoms with Crippen molar-refractivity contribution in [2.24, 2.45) is 0 Å². The molecule has 310 valence electrons. The third-order valence-electron chi connectivity index (χ3n) is 13.9. The zero-order chi connectivity index (χ0) is 43.6. The molecule has 0 fully saturated rings. The summed E-state index contributed by atoms with van der Waals surface area (Å²) in [5.74, 6) is 0. The van der Waals surface area contributed by atoms with Gasteiger partial charge in [0, 0.05) is 51.4 Å². The first-order valence-corrected chi connectivity index (χ1v) is 24.8. The van der Waals surface area contributed by atoms with Crippen molar-refractivity contribution in [3.63, 3.8) is 0 Å². The summed E-state index contributed by atoms with van der Waals surface area (Å²) in [7, 11) is 1.21. The second kappa shape index (κ2) is 14.5. The predicted molar refractivity (Wildman–Crippen MR) is 276 cm³/mol. The van der Waals surface area contributed by atoms with Crippen molar-refractivity contribution in [3.8, 4) is 44.5 Å². The predicted octanol–water partition coefficient (Wildman–Crippen LogP) is 18.1. The van der Waals surface area contributed by atoms with Crippen LogP contribution in [0.2, 0.25) is 0 Å². The van der Waals surface area contributed by atoms with Gasteiger partial charge in [0.05, 0.1) is 11.0 Å². The highest BCUT2D eigenvalue weighted by Gasteiger charge is 2.35. The van der Waals surface area contributed by atoms with Crippen LogP contribution in [-0.2, 0) is 10.8 Å². The summed E-state index contributed by atoms with van der Waals surface area (Å²) in [6.45, 7) is 9.46. The third-order valence-corrected chi connectivity index (χ3v) is 17.4. The normalized spacial score (nSPS) is 14.7. The van der Waals surface area contributed by atoms with E-state index in [-0.39, 0.29) is 10.8 Å². The zero-order valence-corrected chi connectivity index (χ0v) is 39.0. The lowest BCUT2D eigenvalue weighted by Gasteiger charge is -2.35. The van der Waals surface area contributed by atoms with Crippen LogP contribution in [0.25, 0.3) is 87.7 Å². The molecule has 0 saturated heterocycles. The molecule has 0 N–H and O–H groups in total. The number of hydrogen-bond acceptors (Lipinski definition) is 4. The molecule has 11 aromatic rings. The number of para-hydroxylation sites is 2. The Morgan fingerprint density at radius 2 is 0.846 bits per heavy atom. The maximum Gasteiger partial charge on any atom is 0.136 e. The standard InChI is InChI=1S/C60H42NOPS2/c1-59(2)45-12-6-10-16-55(45)64-56-33-38(19-24-46(56)59)41-27-40(35-17-22-44-43-11-5-8-14-51(43)62-52(44)30-35)28-42(29-41)39-20-25-48-58(34-39)65-57-32-37(18-23-47(57)60(48,3)4)36-21-26-50-54(31-36)63-53-15-9-7-13-49(53)61-50/h5-34H,1-4H3. The van der Waals surface area contributed by atoms with E-state index in [4.69, 9.17) is 9.40 Å². The van der Waals surface area contributed by atoms with Crippen LogP contribution in [0.5, 0.6) is 0 Å². The van der Waals surface area contributed by atoms with Gasteiger partial charge in [-0.3, -0.25) is 0 Å². The fourth-order valence-corrected chi connectivity index (χ4v) is 14.4. The number of benzene rings is 9. The van der Waals surface area contributed by atoms with Gasteiger partial charge in [-0.05, 0) is 152 Å². The Balaban J connectivity index is 0.917. The second-order valence-corrected chi connectivity index (χ2v) is 22.0. The molecular weight excluding hydrogens is 846 g/mol. The van der Waals surface area contributed by atoms with Gasteiger partial charge in [-0.15, -0.1) is 0 Å². The number of hydrogen-bond donors (Lipinski definition) is 0. The van der Waals surface area contributed by atoms with Crippen molar-refractivity contribution >= 4 is 74.9 Å². The van der Waals surface area contributed by atoms with Gasteiger partial charge in [-0.25, -0.2) is 4.98 Å². The van der Waals surface area contributed by atoms with Crippen molar-refractivity contribution < 1.29 is 4.42 Å². The van der Waals surface area contributed by atoms with E-state index in [1.165, 1.54) is 93.6 Å². The van der Waals surface area contributed by atoms with Gasteiger partial charge < -0.3 is 4.42 Å². The van der Waals surface area contributed by atoms with Crippen LogP contribution < -0.4 is 0 Å². The van der Waals surface area contributed by atoms with Crippen LogP contribution in [0.1, 0.15) is 49.9 Å². The number of fused-ring (bicyclic) bond motifs is 9. The number of nitrogens with zero attached hydrogens (tertiary/aromatic N) is 1. The first-order valence-electron chi connectivity index (χ1n) is 22.3. The first kappa shape index (κ1) is 39.0. The molecule has 0 amide bonds. The molecule has 0 spiro atoms. The molecule has 0 unspecified atom stereocenters. The summed E-state index contributed by atoms with van der Waals surface area (Å²) in [5, 5.41) is 4.80. The van der Waals surface area contributed by atoms with E-state index in [2.05, 4.69) is 204 Å². The summed E-state index contributed by atoms with van der Waals surface area (Å²) in [6.07, 6.45) is 0. The molecule has 2 aliphatic heterocycles. The minimum absolute atomic E-state index is 0.0813. The molecule has 0 saturated carbocycles. The number of furan rings is 1. The number of aromatic nitrogens is 1. The van der Waals surface area contributed by atoms with Crippen molar-refractivity contribution in [2.75, 3.05) is 0 Å². The van der Waals surface area contributed by atoms with Crippen molar-refractivity contribution in [3.05, 3.63) is 204 Å². The van der Waals surface area contributed by atoms with Gasteiger partial charge in [0.15, 0.2) is 0 Å². The van der Waals surface area contributed by atoms with E-state index in [0.29, 0.717) is 0 Å². The first-order chi connectivity index (χ1) is 31.6. The lowest BCUT2D eigenvalue weighted by molar-refractivity contribution is 0.607. The van der Waals surface area contributed by atoms with Gasteiger partial charge in [0.25, 0.3) is 0 Å². The minimum atomic E-state index is -0.160. The van der Waals surface area contributed by atoms with Gasteiger partial charge in [0.2, 0.25) is 0 Å². The maximum atomic E-state index is 6.43. The van der Waals surface area contributed by atoms with Gasteiger partial charge in [-0.2, -0.15) is 0 Å². The molecule has 0 aliphatic carbocycles. The molecule has 2 aromatic heterocycles. The molecule has 0 bridgehead atoms. The molecule has 13 rings (SSSR count). The van der Waals surface area contributed by atoms with E-state index in [1.54, 1.807) is 0 Å². The topological polar surface area (TPSA) is 26.0 Å². The van der Waals surface area contributed by atoms with E-state index in [9.17, 15) is 0 Å². The fourth-order valence-electron chi connectivity index (χ4n) is 10.3. The summed E-state index contributed by atoms with van der Waals surface area (Å²) in [4.78, 5) is 10.2. The highest BCUT2D eigenvalue weighted by Crippen LogP contribution is 2.53. The SMILES string of the molecule is CC1(C)c2ccccc2Sc2cc(-c3cc(-c4ccc5c(c4)Sc4cc(-c6ccc7nc8ccccc8pc7c6)ccc4C5(C)C)cc(-c4ccc5c(c4)oc4ccccc45)c3)ccc21. The smallest absolute Gasteiger partial charge is 0.136 e. The van der Waals surface area contributed by atoms with Gasteiger partial charge in [0.1, 0.15) is 11.2 Å². The summed E-state index contributed by atoms with van der Waals surface area (Å²) in [5.41, 5.74) is 18.8. The molecule has 65 heavy (non-hydrogen) atoms. The molecule has 4 heterocycles. The summed E-state index contributed by atoms with van der Waals surface area (Å²) in [6, 6.07) is 67.6. The molecule has 0 atom stereocenters. The van der Waals surface area contributed by atoms with E-state index >= 15 is 0 Å². The lowest BCUT2D eigenvalue weighted by atomic mass is 9.76. The van der Waals surface area contributed by atoms with Crippen LogP contribution >= 0.6 is 31.7 Å². The van der Waals surface area contributed by atoms with Crippen molar-refractivity contribution in [1.29, 1.82) is 0 Å². The van der Waals surface area contributed by atoms with E-state index in [0.717, 1.165) is 44.1 Å². The van der Waals surface area contributed by atoms with Gasteiger partial charge >= 0.3 is 0 Å². The molecule has 2 aliphatic rings. The monoisotopic (exact) mass is 887 g/mol. The number of rotatable bonds is 4. The Morgan fingerprint density at radius 3 is 1.54 bits per heavy atom. The average molecular weight is 888 g/mol. The van der Waals surface area contributed by atoms with Crippen molar-refractivity contribution in [1.82, 2.24) is 4.98 Å². The second-order valence-electron chi connectivity index (χ2n) is 18.6. The van der Waals surface area contributed by atoms with Gasteiger partial charge in [-0.1, -0.05) is 156 Å². The third kappa shape index (κ3) is 6.33. The highest BCUT2D eigenvalue weighted by molar-refractivity contribution is 7.99.